The maximum absolute atomic E-state index is 10.7. The monoisotopic (exact) mass is 299 g/mol. The number of hydrogen-bond donors (Lipinski definition) is 1. The van der Waals surface area contributed by atoms with Gasteiger partial charge in [0, 0.05) is 13.0 Å². The molecule has 94 valence electrons. The van der Waals surface area contributed by atoms with Crippen LogP contribution in [-0.2, 0) is 11.2 Å². The first kappa shape index (κ1) is 14.2. The molecule has 1 N–H and O–H groups in total. The minimum absolute atomic E-state index is 0.227. The molecule has 0 aromatic heterocycles. The molecule has 0 unspecified atom stereocenters. The number of carbonyl (C=O) groups is 1. The minimum Gasteiger partial charge on any atom is -0.496 e. The molecule has 0 aliphatic rings. The smallest absolute Gasteiger partial charge is 0.133 e. The number of hydrogen-bond acceptors (Lipinski definition) is 3. The molecule has 0 fully saturated rings. The summed E-state index contributed by atoms with van der Waals surface area (Å²) in [6, 6.07) is 6.07. The Morgan fingerprint density at radius 1 is 1.41 bits per heavy atom. The van der Waals surface area contributed by atoms with Crippen LogP contribution in [0.15, 0.2) is 22.7 Å². The highest BCUT2D eigenvalue weighted by atomic mass is 79.9. The molecule has 0 amide bonds. The van der Waals surface area contributed by atoms with Crippen LogP contribution in [0.2, 0.25) is 0 Å². The number of Topliss-reactive ketones (excluding diaryl/α,β-unsaturated/α-hetero) is 1. The van der Waals surface area contributed by atoms with Crippen LogP contribution in [-0.4, -0.2) is 26.0 Å². The van der Waals surface area contributed by atoms with Gasteiger partial charge in [0.2, 0.25) is 0 Å². The summed E-state index contributed by atoms with van der Waals surface area (Å²) in [6.07, 6.45) is 1.55. The second-order valence-corrected chi connectivity index (χ2v) is 4.78. The number of nitrogens with one attached hydrogen (secondary N) is 1. The highest BCUT2D eigenvalue weighted by Gasteiger charge is 2.01. The molecule has 0 saturated carbocycles. The number of carbonyl (C=O) groups excluding carboxylic acids is 1. The first-order chi connectivity index (χ1) is 8.13. The number of ether oxygens (including phenoxy) is 1. The lowest BCUT2D eigenvalue weighted by Crippen LogP contribution is -2.20. The van der Waals surface area contributed by atoms with E-state index < -0.39 is 0 Å². The predicted molar refractivity (Wildman–Crippen MR) is 72.6 cm³/mol. The maximum Gasteiger partial charge on any atom is 0.133 e. The molecule has 4 heteroatoms. The third-order valence-electron chi connectivity index (χ3n) is 2.46. The Balaban J connectivity index is 2.32. The molecule has 1 aromatic rings. The molecule has 0 aliphatic heterocycles. The predicted octanol–water partition coefficient (Wildman–Crippen LogP) is 2.57. The topological polar surface area (TPSA) is 38.3 Å². The Labute approximate surface area is 111 Å². The molecule has 0 heterocycles. The van der Waals surface area contributed by atoms with Gasteiger partial charge in [0.15, 0.2) is 0 Å². The summed E-state index contributed by atoms with van der Waals surface area (Å²) in [5.41, 5.74) is 1.24. The summed E-state index contributed by atoms with van der Waals surface area (Å²) >= 11 is 3.46. The van der Waals surface area contributed by atoms with E-state index in [1.54, 1.807) is 14.0 Å². The fourth-order valence-corrected chi connectivity index (χ4v) is 2.08. The summed E-state index contributed by atoms with van der Waals surface area (Å²) in [5, 5.41) is 3.25. The first-order valence-electron chi connectivity index (χ1n) is 5.66. The van der Waals surface area contributed by atoms with Crippen molar-refractivity contribution in [2.24, 2.45) is 0 Å². The van der Waals surface area contributed by atoms with Crippen molar-refractivity contribution in [3.05, 3.63) is 28.2 Å². The van der Waals surface area contributed by atoms with Gasteiger partial charge in [-0.25, -0.2) is 0 Å². The van der Waals surface area contributed by atoms with Gasteiger partial charge in [-0.3, -0.25) is 4.79 Å². The van der Waals surface area contributed by atoms with Crippen LogP contribution >= 0.6 is 15.9 Å². The number of benzene rings is 1. The minimum atomic E-state index is 0.227. The third-order valence-corrected chi connectivity index (χ3v) is 3.08. The standard InChI is InChI=1S/C13H18BrNO2/c1-10(16)5-7-15-8-6-11-3-4-13(17-2)12(14)9-11/h3-4,9,15H,5-8H2,1-2H3. The molecule has 1 aromatic carbocycles. The average Bonchev–Trinajstić information content (AvgIpc) is 2.28. The van der Waals surface area contributed by atoms with Crippen LogP contribution < -0.4 is 10.1 Å². The molecule has 0 aliphatic carbocycles. The van der Waals surface area contributed by atoms with Crippen LogP contribution in [0.5, 0.6) is 5.75 Å². The zero-order valence-electron chi connectivity index (χ0n) is 10.3. The Hall–Kier alpha value is -0.870. The largest absolute Gasteiger partial charge is 0.496 e. The lowest BCUT2D eigenvalue weighted by atomic mass is 10.1. The van der Waals surface area contributed by atoms with Gasteiger partial charge < -0.3 is 10.1 Å². The maximum atomic E-state index is 10.7. The molecule has 3 nitrogen and oxygen atoms in total. The lowest BCUT2D eigenvalue weighted by molar-refractivity contribution is -0.116. The molecular weight excluding hydrogens is 282 g/mol. The number of rotatable bonds is 7. The van der Waals surface area contributed by atoms with Crippen molar-refractivity contribution in [1.29, 1.82) is 0 Å². The molecule has 0 bridgehead atoms. The number of halogens is 1. The Morgan fingerprint density at radius 2 is 2.18 bits per heavy atom. The van der Waals surface area contributed by atoms with Gasteiger partial charge in [-0.15, -0.1) is 0 Å². The molecule has 0 radical (unpaired) electrons. The van der Waals surface area contributed by atoms with Crippen molar-refractivity contribution in [3.8, 4) is 5.75 Å². The van der Waals surface area contributed by atoms with E-state index in [1.807, 2.05) is 6.07 Å². The van der Waals surface area contributed by atoms with Crippen molar-refractivity contribution in [2.45, 2.75) is 19.8 Å². The number of ketones is 1. The van der Waals surface area contributed by atoms with E-state index in [0.29, 0.717) is 6.42 Å². The molecule has 1 rings (SSSR count). The van der Waals surface area contributed by atoms with E-state index in [9.17, 15) is 4.79 Å². The van der Waals surface area contributed by atoms with Gasteiger partial charge in [-0.2, -0.15) is 0 Å². The first-order valence-corrected chi connectivity index (χ1v) is 6.45. The van der Waals surface area contributed by atoms with E-state index in [0.717, 1.165) is 29.7 Å². The van der Waals surface area contributed by atoms with Crippen LogP contribution in [0.25, 0.3) is 0 Å². The van der Waals surface area contributed by atoms with Crippen LogP contribution in [0.4, 0.5) is 0 Å². The lowest BCUT2D eigenvalue weighted by Gasteiger charge is -2.07. The van der Waals surface area contributed by atoms with E-state index >= 15 is 0 Å². The summed E-state index contributed by atoms with van der Waals surface area (Å²) in [7, 11) is 1.66. The van der Waals surface area contributed by atoms with Crippen molar-refractivity contribution >= 4 is 21.7 Å². The van der Waals surface area contributed by atoms with E-state index in [2.05, 4.69) is 33.4 Å². The molecule has 0 atom stereocenters. The Bertz CT molecular complexity index is 380. The zero-order chi connectivity index (χ0) is 12.7. The van der Waals surface area contributed by atoms with E-state index in [1.165, 1.54) is 5.56 Å². The summed E-state index contributed by atoms with van der Waals surface area (Å²) in [5.74, 6) is 1.07. The highest BCUT2D eigenvalue weighted by Crippen LogP contribution is 2.25. The van der Waals surface area contributed by atoms with E-state index in [4.69, 9.17) is 4.74 Å². The fraction of sp³-hybridized carbons (Fsp3) is 0.462. The second-order valence-electron chi connectivity index (χ2n) is 3.92. The van der Waals surface area contributed by atoms with Crippen LogP contribution in [0, 0.1) is 0 Å². The average molecular weight is 300 g/mol. The van der Waals surface area contributed by atoms with Gasteiger partial charge in [0.1, 0.15) is 11.5 Å². The van der Waals surface area contributed by atoms with E-state index in [-0.39, 0.29) is 5.78 Å². The van der Waals surface area contributed by atoms with Crippen LogP contribution in [0.3, 0.4) is 0 Å². The molecule has 17 heavy (non-hydrogen) atoms. The van der Waals surface area contributed by atoms with Crippen LogP contribution in [0.1, 0.15) is 18.9 Å². The fourth-order valence-electron chi connectivity index (χ4n) is 1.49. The molecule has 0 spiro atoms. The molecule has 0 saturated heterocycles. The highest BCUT2D eigenvalue weighted by molar-refractivity contribution is 9.10. The summed E-state index contributed by atoms with van der Waals surface area (Å²) in [4.78, 5) is 10.7. The molecular formula is C13H18BrNO2. The van der Waals surface area contributed by atoms with Gasteiger partial charge in [-0.05, 0) is 53.5 Å². The van der Waals surface area contributed by atoms with Gasteiger partial charge >= 0.3 is 0 Å². The summed E-state index contributed by atoms with van der Waals surface area (Å²) in [6.45, 7) is 3.25. The quantitative estimate of drug-likeness (QED) is 0.787. The van der Waals surface area contributed by atoms with Crippen molar-refractivity contribution in [3.63, 3.8) is 0 Å². The van der Waals surface area contributed by atoms with Crippen molar-refractivity contribution < 1.29 is 9.53 Å². The third kappa shape index (κ3) is 5.33. The van der Waals surface area contributed by atoms with Gasteiger partial charge in [-0.1, -0.05) is 6.07 Å². The Kier molecular flexibility index (Phi) is 6.22. The Morgan fingerprint density at radius 3 is 2.76 bits per heavy atom. The van der Waals surface area contributed by atoms with Crippen molar-refractivity contribution in [1.82, 2.24) is 5.32 Å². The number of methoxy groups -OCH3 is 1. The van der Waals surface area contributed by atoms with Gasteiger partial charge in [0.05, 0.1) is 11.6 Å². The second kappa shape index (κ2) is 7.45. The SMILES string of the molecule is COc1ccc(CCNCCC(C)=O)cc1Br. The normalized spacial score (nSPS) is 10.3. The zero-order valence-corrected chi connectivity index (χ0v) is 11.8. The van der Waals surface area contributed by atoms with Crippen molar-refractivity contribution in [2.75, 3.05) is 20.2 Å². The van der Waals surface area contributed by atoms with Gasteiger partial charge in [0.25, 0.3) is 0 Å². The summed E-state index contributed by atoms with van der Waals surface area (Å²) < 4.78 is 6.14.